The molecule has 0 amide bonds. The molecule has 3 nitrogen and oxygen atoms in total. The summed E-state index contributed by atoms with van der Waals surface area (Å²) in [5.41, 5.74) is 6.05. The Balaban J connectivity index is 3.82. The van der Waals surface area contributed by atoms with Crippen molar-refractivity contribution in [2.45, 2.75) is 64.3 Å². The first kappa shape index (κ1) is 15.9. The van der Waals surface area contributed by atoms with Crippen LogP contribution in [0.2, 0.25) is 0 Å². The maximum Gasteiger partial charge on any atom is 0.0431 e. The smallest absolute Gasteiger partial charge is 0.0431 e. The van der Waals surface area contributed by atoms with Crippen molar-refractivity contribution < 1.29 is 5.11 Å². The Kier molecular flexibility index (Phi) is 9.99. The van der Waals surface area contributed by atoms with Crippen molar-refractivity contribution in [3.8, 4) is 0 Å². The van der Waals surface area contributed by atoms with E-state index in [0.717, 1.165) is 38.8 Å². The van der Waals surface area contributed by atoms with E-state index >= 15 is 0 Å². The van der Waals surface area contributed by atoms with E-state index in [4.69, 9.17) is 10.8 Å². The van der Waals surface area contributed by atoms with Gasteiger partial charge in [-0.05, 0) is 38.6 Å². The van der Waals surface area contributed by atoms with Crippen LogP contribution in [0.1, 0.15) is 58.8 Å². The van der Waals surface area contributed by atoms with Crippen LogP contribution in [-0.4, -0.2) is 30.3 Å². The summed E-state index contributed by atoms with van der Waals surface area (Å²) in [6.07, 6.45) is 7.90. The summed E-state index contributed by atoms with van der Waals surface area (Å²) < 4.78 is 0. The highest BCUT2D eigenvalue weighted by molar-refractivity contribution is 4.87. The SMILES string of the molecule is CCCCC(CC)(CN)NCCCCCO. The normalized spacial score (nSPS) is 15.0. The molecule has 1 unspecified atom stereocenters. The molecule has 0 aliphatic heterocycles. The molecular formula is C13H30N2O. The first-order chi connectivity index (χ1) is 7.74. The van der Waals surface area contributed by atoms with E-state index in [1.165, 1.54) is 19.3 Å². The van der Waals surface area contributed by atoms with Crippen LogP contribution in [0.5, 0.6) is 0 Å². The Morgan fingerprint density at radius 1 is 1.12 bits per heavy atom. The van der Waals surface area contributed by atoms with Crippen molar-refractivity contribution in [2.75, 3.05) is 19.7 Å². The zero-order chi connectivity index (χ0) is 12.3. The van der Waals surface area contributed by atoms with Crippen molar-refractivity contribution in [3.63, 3.8) is 0 Å². The number of nitrogens with two attached hydrogens (primary N) is 1. The molecule has 0 heterocycles. The predicted molar refractivity (Wildman–Crippen MR) is 70.5 cm³/mol. The second-order valence-corrected chi connectivity index (χ2v) is 4.65. The molecule has 0 spiro atoms. The van der Waals surface area contributed by atoms with Gasteiger partial charge in [-0.25, -0.2) is 0 Å². The molecule has 0 fully saturated rings. The van der Waals surface area contributed by atoms with Gasteiger partial charge >= 0.3 is 0 Å². The van der Waals surface area contributed by atoms with Gasteiger partial charge in [-0.2, -0.15) is 0 Å². The highest BCUT2D eigenvalue weighted by Gasteiger charge is 2.24. The molecule has 0 aliphatic carbocycles. The zero-order valence-corrected chi connectivity index (χ0v) is 11.1. The lowest BCUT2D eigenvalue weighted by Gasteiger charge is -2.33. The van der Waals surface area contributed by atoms with Gasteiger partial charge in [0.1, 0.15) is 0 Å². The van der Waals surface area contributed by atoms with Gasteiger partial charge in [0.25, 0.3) is 0 Å². The minimum atomic E-state index is 0.148. The fraction of sp³-hybridized carbons (Fsp3) is 1.00. The van der Waals surface area contributed by atoms with E-state index in [-0.39, 0.29) is 5.54 Å². The molecule has 0 bridgehead atoms. The van der Waals surface area contributed by atoms with E-state index in [0.29, 0.717) is 6.61 Å². The third-order valence-electron chi connectivity index (χ3n) is 3.41. The average Bonchev–Trinajstić information content (AvgIpc) is 2.33. The Morgan fingerprint density at radius 2 is 1.88 bits per heavy atom. The van der Waals surface area contributed by atoms with Crippen LogP contribution in [0, 0.1) is 0 Å². The van der Waals surface area contributed by atoms with Gasteiger partial charge in [0.05, 0.1) is 0 Å². The van der Waals surface area contributed by atoms with Crippen molar-refractivity contribution >= 4 is 0 Å². The topological polar surface area (TPSA) is 58.3 Å². The summed E-state index contributed by atoms with van der Waals surface area (Å²) in [5, 5.41) is 12.3. The molecule has 0 saturated heterocycles. The summed E-state index contributed by atoms with van der Waals surface area (Å²) in [5.74, 6) is 0. The van der Waals surface area contributed by atoms with E-state index in [2.05, 4.69) is 19.2 Å². The van der Waals surface area contributed by atoms with Crippen LogP contribution in [-0.2, 0) is 0 Å². The lowest BCUT2D eigenvalue weighted by Crippen LogP contribution is -2.51. The minimum absolute atomic E-state index is 0.148. The average molecular weight is 230 g/mol. The predicted octanol–water partition coefficient (Wildman–Crippen LogP) is 2.04. The van der Waals surface area contributed by atoms with Crippen molar-refractivity contribution in [2.24, 2.45) is 5.73 Å². The Labute approximate surface area is 101 Å². The molecule has 1 atom stereocenters. The zero-order valence-electron chi connectivity index (χ0n) is 11.1. The standard InChI is InChI=1S/C13H30N2O/c1-3-5-9-13(4-2,12-14)15-10-7-6-8-11-16/h15-16H,3-12,14H2,1-2H3. The quantitative estimate of drug-likeness (QED) is 0.476. The highest BCUT2D eigenvalue weighted by atomic mass is 16.2. The lowest BCUT2D eigenvalue weighted by molar-refractivity contribution is 0.271. The van der Waals surface area contributed by atoms with Crippen molar-refractivity contribution in [1.29, 1.82) is 0 Å². The second kappa shape index (κ2) is 10.1. The Hall–Kier alpha value is -0.120. The summed E-state index contributed by atoms with van der Waals surface area (Å²) in [6.45, 7) is 6.49. The largest absolute Gasteiger partial charge is 0.396 e. The van der Waals surface area contributed by atoms with Crippen LogP contribution in [0.4, 0.5) is 0 Å². The van der Waals surface area contributed by atoms with Crippen molar-refractivity contribution in [1.82, 2.24) is 5.32 Å². The summed E-state index contributed by atoms with van der Waals surface area (Å²) >= 11 is 0. The number of hydrogen-bond acceptors (Lipinski definition) is 3. The van der Waals surface area contributed by atoms with Crippen molar-refractivity contribution in [3.05, 3.63) is 0 Å². The fourth-order valence-electron chi connectivity index (χ4n) is 1.99. The number of aliphatic hydroxyl groups excluding tert-OH is 1. The van der Waals surface area contributed by atoms with Crippen LogP contribution in [0.3, 0.4) is 0 Å². The Morgan fingerprint density at radius 3 is 2.38 bits per heavy atom. The molecule has 98 valence electrons. The first-order valence-corrected chi connectivity index (χ1v) is 6.80. The summed E-state index contributed by atoms with van der Waals surface area (Å²) in [7, 11) is 0. The van der Waals surface area contributed by atoms with Crippen LogP contribution < -0.4 is 11.1 Å². The number of aliphatic hydroxyl groups is 1. The van der Waals surface area contributed by atoms with E-state index in [1.807, 2.05) is 0 Å². The fourth-order valence-corrected chi connectivity index (χ4v) is 1.99. The number of rotatable bonds is 11. The maximum absolute atomic E-state index is 8.69. The first-order valence-electron chi connectivity index (χ1n) is 6.80. The lowest BCUT2D eigenvalue weighted by atomic mass is 9.89. The third-order valence-corrected chi connectivity index (χ3v) is 3.41. The van der Waals surface area contributed by atoms with Crippen LogP contribution >= 0.6 is 0 Å². The molecule has 0 radical (unpaired) electrons. The Bertz CT molecular complexity index is 147. The minimum Gasteiger partial charge on any atom is -0.396 e. The second-order valence-electron chi connectivity index (χ2n) is 4.65. The summed E-state index contributed by atoms with van der Waals surface area (Å²) in [6, 6.07) is 0. The number of unbranched alkanes of at least 4 members (excludes halogenated alkanes) is 3. The highest BCUT2D eigenvalue weighted by Crippen LogP contribution is 2.17. The summed E-state index contributed by atoms with van der Waals surface area (Å²) in [4.78, 5) is 0. The molecule has 0 saturated carbocycles. The van der Waals surface area contributed by atoms with Gasteiger partial charge in [-0.1, -0.05) is 26.7 Å². The van der Waals surface area contributed by atoms with E-state index in [9.17, 15) is 0 Å². The third kappa shape index (κ3) is 6.46. The van der Waals surface area contributed by atoms with Gasteiger partial charge in [-0.3, -0.25) is 0 Å². The molecule has 0 aliphatic rings. The van der Waals surface area contributed by atoms with Gasteiger partial charge in [0, 0.05) is 18.7 Å². The molecule has 0 rings (SSSR count). The van der Waals surface area contributed by atoms with Crippen LogP contribution in [0.15, 0.2) is 0 Å². The maximum atomic E-state index is 8.69. The molecule has 0 aromatic carbocycles. The van der Waals surface area contributed by atoms with Gasteiger partial charge < -0.3 is 16.2 Å². The monoisotopic (exact) mass is 230 g/mol. The van der Waals surface area contributed by atoms with Gasteiger partial charge in [0.2, 0.25) is 0 Å². The van der Waals surface area contributed by atoms with E-state index in [1.54, 1.807) is 0 Å². The molecule has 4 N–H and O–H groups in total. The molecule has 0 aromatic heterocycles. The van der Waals surface area contributed by atoms with Gasteiger partial charge in [0.15, 0.2) is 0 Å². The molecule has 0 aromatic rings. The number of hydrogen-bond donors (Lipinski definition) is 3. The molecule has 16 heavy (non-hydrogen) atoms. The molecular weight excluding hydrogens is 200 g/mol. The van der Waals surface area contributed by atoms with E-state index < -0.39 is 0 Å². The van der Waals surface area contributed by atoms with Gasteiger partial charge in [-0.15, -0.1) is 0 Å². The van der Waals surface area contributed by atoms with Crippen LogP contribution in [0.25, 0.3) is 0 Å². The number of nitrogens with one attached hydrogen (secondary N) is 1. The molecule has 3 heteroatoms.